The number of carbonyl (C=O) groups is 1. The molecule has 8 nitrogen and oxygen atoms in total. The molecular weight excluding hydrogens is 520 g/mol. The molecule has 198 valence electrons. The largest absolute Gasteiger partial charge is 0.494 e. The Morgan fingerprint density at radius 1 is 1.13 bits per heavy atom. The molecule has 0 saturated carbocycles. The Bertz CT molecular complexity index is 1550. The number of aromatic nitrogens is 2. The number of sulfonamides is 1. The molecule has 38 heavy (non-hydrogen) atoms. The predicted octanol–water partition coefficient (Wildman–Crippen LogP) is 5.28. The van der Waals surface area contributed by atoms with Gasteiger partial charge < -0.3 is 4.74 Å². The van der Waals surface area contributed by atoms with Gasteiger partial charge in [0.15, 0.2) is 5.13 Å². The summed E-state index contributed by atoms with van der Waals surface area (Å²) in [6.07, 6.45) is 5.11. The van der Waals surface area contributed by atoms with E-state index in [0.29, 0.717) is 41.0 Å². The van der Waals surface area contributed by atoms with Crippen molar-refractivity contribution in [1.82, 2.24) is 14.3 Å². The van der Waals surface area contributed by atoms with Crippen molar-refractivity contribution >= 4 is 42.6 Å². The fourth-order valence-corrected chi connectivity index (χ4v) is 7.10. The average Bonchev–Trinajstić information content (AvgIpc) is 3.39. The molecule has 1 amide bonds. The Hall–Kier alpha value is -3.34. The second kappa shape index (κ2) is 10.8. The Kier molecular flexibility index (Phi) is 7.47. The van der Waals surface area contributed by atoms with Crippen LogP contribution in [-0.4, -0.2) is 48.8 Å². The molecule has 0 radical (unpaired) electrons. The SMILES string of the molecule is COc1ccc(C)c2sc(N(Cc3cccnc3)C(=O)c3ccc(S(=O)(=O)N4CCC(C)CC4)cc3)nc12. The number of thiazole rings is 1. The third-order valence-electron chi connectivity index (χ3n) is 6.93. The average molecular weight is 551 g/mol. The molecule has 5 rings (SSSR count). The van der Waals surface area contributed by atoms with Gasteiger partial charge in [-0.3, -0.25) is 14.7 Å². The molecule has 0 unspecified atom stereocenters. The van der Waals surface area contributed by atoms with Crippen LogP contribution >= 0.6 is 11.3 Å². The highest BCUT2D eigenvalue weighted by atomic mass is 32.2. The Morgan fingerprint density at radius 2 is 1.87 bits per heavy atom. The maximum Gasteiger partial charge on any atom is 0.260 e. The lowest BCUT2D eigenvalue weighted by atomic mass is 10.0. The van der Waals surface area contributed by atoms with Gasteiger partial charge in [-0.05, 0) is 73.2 Å². The second-order valence-electron chi connectivity index (χ2n) is 9.62. The summed E-state index contributed by atoms with van der Waals surface area (Å²) in [5.74, 6) is 0.891. The van der Waals surface area contributed by atoms with E-state index in [0.717, 1.165) is 28.7 Å². The number of ether oxygens (including phenoxy) is 1. The molecule has 10 heteroatoms. The van der Waals surface area contributed by atoms with Crippen LogP contribution in [0.25, 0.3) is 10.2 Å². The Morgan fingerprint density at radius 3 is 2.53 bits per heavy atom. The first-order chi connectivity index (χ1) is 18.3. The summed E-state index contributed by atoms with van der Waals surface area (Å²) in [5.41, 5.74) is 2.97. The van der Waals surface area contributed by atoms with Gasteiger partial charge in [-0.2, -0.15) is 4.31 Å². The summed E-state index contributed by atoms with van der Waals surface area (Å²) in [6.45, 7) is 5.44. The van der Waals surface area contributed by atoms with E-state index in [-0.39, 0.29) is 17.3 Å². The summed E-state index contributed by atoms with van der Waals surface area (Å²) in [5, 5.41) is 0.528. The maximum absolute atomic E-state index is 13.8. The van der Waals surface area contributed by atoms with Crippen LogP contribution in [0.2, 0.25) is 0 Å². The van der Waals surface area contributed by atoms with E-state index >= 15 is 0 Å². The van der Waals surface area contributed by atoms with Gasteiger partial charge in [0.2, 0.25) is 10.0 Å². The van der Waals surface area contributed by atoms with Gasteiger partial charge in [-0.25, -0.2) is 13.4 Å². The molecule has 0 bridgehead atoms. The maximum atomic E-state index is 13.8. The van der Waals surface area contributed by atoms with Crippen molar-refractivity contribution in [1.29, 1.82) is 0 Å². The molecule has 0 atom stereocenters. The molecule has 1 aliphatic heterocycles. The number of benzene rings is 2. The minimum absolute atomic E-state index is 0.197. The highest BCUT2D eigenvalue weighted by Gasteiger charge is 2.29. The lowest BCUT2D eigenvalue weighted by Crippen LogP contribution is -2.37. The van der Waals surface area contributed by atoms with E-state index in [4.69, 9.17) is 9.72 Å². The number of piperidine rings is 1. The van der Waals surface area contributed by atoms with E-state index in [9.17, 15) is 13.2 Å². The van der Waals surface area contributed by atoms with E-state index < -0.39 is 10.0 Å². The molecule has 2 aromatic carbocycles. The summed E-state index contributed by atoms with van der Waals surface area (Å²) < 4.78 is 34.3. The minimum atomic E-state index is -3.60. The number of pyridine rings is 1. The Balaban J connectivity index is 1.48. The van der Waals surface area contributed by atoms with Crippen LogP contribution in [0.5, 0.6) is 5.75 Å². The van der Waals surface area contributed by atoms with E-state index in [1.54, 1.807) is 36.5 Å². The Labute approximate surface area is 227 Å². The van der Waals surface area contributed by atoms with Gasteiger partial charge >= 0.3 is 0 Å². The molecule has 3 heterocycles. The number of amides is 1. The summed E-state index contributed by atoms with van der Waals surface area (Å²) in [4.78, 5) is 24.6. The number of fused-ring (bicyclic) bond motifs is 1. The van der Waals surface area contributed by atoms with Gasteiger partial charge in [0.1, 0.15) is 11.3 Å². The first-order valence-corrected chi connectivity index (χ1v) is 14.8. The molecule has 0 spiro atoms. The fraction of sp³-hybridized carbons (Fsp3) is 0.321. The highest BCUT2D eigenvalue weighted by molar-refractivity contribution is 7.89. The van der Waals surface area contributed by atoms with E-state index in [1.807, 2.05) is 31.2 Å². The quantitative estimate of drug-likeness (QED) is 0.311. The van der Waals surface area contributed by atoms with Crippen molar-refractivity contribution in [2.75, 3.05) is 25.1 Å². The third-order valence-corrected chi connectivity index (χ3v) is 10.1. The molecule has 1 fully saturated rings. The number of rotatable bonds is 7. The van der Waals surface area contributed by atoms with Crippen molar-refractivity contribution in [3.8, 4) is 5.75 Å². The zero-order valence-corrected chi connectivity index (χ0v) is 23.3. The number of hydrogen-bond acceptors (Lipinski definition) is 7. The van der Waals surface area contributed by atoms with Gasteiger partial charge in [0.25, 0.3) is 5.91 Å². The van der Waals surface area contributed by atoms with Crippen LogP contribution in [0, 0.1) is 12.8 Å². The van der Waals surface area contributed by atoms with Gasteiger partial charge in [-0.1, -0.05) is 30.4 Å². The van der Waals surface area contributed by atoms with Gasteiger partial charge in [0, 0.05) is 31.0 Å². The third kappa shape index (κ3) is 5.16. The minimum Gasteiger partial charge on any atom is -0.494 e. The molecule has 1 aliphatic rings. The second-order valence-corrected chi connectivity index (χ2v) is 12.5. The van der Waals surface area contributed by atoms with Crippen LogP contribution in [0.15, 0.2) is 65.8 Å². The van der Waals surface area contributed by atoms with Crippen LogP contribution < -0.4 is 9.64 Å². The van der Waals surface area contributed by atoms with Gasteiger partial charge in [0.05, 0.1) is 23.2 Å². The van der Waals surface area contributed by atoms with Crippen molar-refractivity contribution < 1.29 is 17.9 Å². The number of nitrogens with zero attached hydrogens (tertiary/aromatic N) is 4. The van der Waals surface area contributed by atoms with Crippen LogP contribution in [0.3, 0.4) is 0 Å². The number of hydrogen-bond donors (Lipinski definition) is 0. The molecule has 0 aliphatic carbocycles. The topological polar surface area (TPSA) is 92.7 Å². The molecule has 2 aromatic heterocycles. The summed E-state index contributed by atoms with van der Waals surface area (Å²) in [6, 6.07) is 13.8. The fourth-order valence-electron chi connectivity index (χ4n) is 4.58. The normalized spacial score (nSPS) is 15.0. The monoisotopic (exact) mass is 550 g/mol. The predicted molar refractivity (Wildman–Crippen MR) is 149 cm³/mol. The zero-order valence-electron chi connectivity index (χ0n) is 21.6. The number of aryl methyl sites for hydroxylation is 1. The highest BCUT2D eigenvalue weighted by Crippen LogP contribution is 2.37. The van der Waals surface area contributed by atoms with Crippen molar-refractivity contribution in [3.05, 3.63) is 77.6 Å². The number of carbonyl (C=O) groups excluding carboxylic acids is 1. The van der Waals surface area contributed by atoms with E-state index in [2.05, 4.69) is 11.9 Å². The van der Waals surface area contributed by atoms with Gasteiger partial charge in [-0.15, -0.1) is 0 Å². The van der Waals surface area contributed by atoms with Crippen LogP contribution in [0.4, 0.5) is 5.13 Å². The zero-order chi connectivity index (χ0) is 26.9. The number of anilines is 1. The molecule has 1 saturated heterocycles. The van der Waals surface area contributed by atoms with Crippen molar-refractivity contribution in [3.63, 3.8) is 0 Å². The standard InChI is InChI=1S/C28H30N4O4S2/c1-19-12-15-31(16-13-19)38(34,35)23-9-7-22(8-10-23)27(33)32(18-21-5-4-14-29-17-21)28-30-25-24(36-3)11-6-20(2)26(25)37-28/h4-11,14,17,19H,12-13,15-16,18H2,1-3H3. The molecule has 0 N–H and O–H groups in total. The molecule has 4 aromatic rings. The van der Waals surface area contributed by atoms with E-state index in [1.165, 1.54) is 27.8 Å². The molecular formula is C28H30N4O4S2. The lowest BCUT2D eigenvalue weighted by Gasteiger charge is -2.29. The smallest absolute Gasteiger partial charge is 0.260 e. The lowest BCUT2D eigenvalue weighted by molar-refractivity contribution is 0.0985. The van der Waals surface area contributed by atoms with Crippen LogP contribution in [0.1, 0.15) is 41.3 Å². The first-order valence-electron chi connectivity index (χ1n) is 12.5. The van der Waals surface area contributed by atoms with Crippen molar-refractivity contribution in [2.24, 2.45) is 5.92 Å². The van der Waals surface area contributed by atoms with Crippen molar-refractivity contribution in [2.45, 2.75) is 38.1 Å². The first kappa shape index (κ1) is 26.3. The summed E-state index contributed by atoms with van der Waals surface area (Å²) in [7, 11) is -2.00. The number of methoxy groups -OCH3 is 1. The van der Waals surface area contributed by atoms with Crippen LogP contribution in [-0.2, 0) is 16.6 Å². The summed E-state index contributed by atoms with van der Waals surface area (Å²) >= 11 is 1.42.